The first-order chi connectivity index (χ1) is 9.27. The SMILES string of the molecule is C#CCCCNCC(O)COc1ccccc1OC. The number of para-hydroxylation sites is 2. The van der Waals surface area contributed by atoms with Crippen LogP contribution in [0.4, 0.5) is 0 Å². The molecule has 0 fully saturated rings. The van der Waals surface area contributed by atoms with Crippen LogP contribution in [0, 0.1) is 12.3 Å². The summed E-state index contributed by atoms with van der Waals surface area (Å²) in [5.74, 6) is 3.87. The van der Waals surface area contributed by atoms with E-state index in [4.69, 9.17) is 15.9 Å². The van der Waals surface area contributed by atoms with Crippen LogP contribution in [0.3, 0.4) is 0 Å². The van der Waals surface area contributed by atoms with Crippen molar-refractivity contribution in [3.63, 3.8) is 0 Å². The van der Waals surface area contributed by atoms with Gasteiger partial charge in [0.15, 0.2) is 11.5 Å². The van der Waals surface area contributed by atoms with Gasteiger partial charge in [-0.25, -0.2) is 0 Å². The molecule has 1 aromatic rings. The van der Waals surface area contributed by atoms with Crippen LogP contribution in [-0.2, 0) is 0 Å². The molecule has 0 aromatic heterocycles. The molecule has 1 rings (SSSR count). The summed E-state index contributed by atoms with van der Waals surface area (Å²) in [5, 5.41) is 12.9. The van der Waals surface area contributed by atoms with Crippen LogP contribution >= 0.6 is 0 Å². The Hall–Kier alpha value is -1.70. The molecule has 0 saturated heterocycles. The minimum Gasteiger partial charge on any atom is -0.493 e. The van der Waals surface area contributed by atoms with Crippen molar-refractivity contribution in [3.8, 4) is 23.8 Å². The zero-order chi connectivity index (χ0) is 13.9. The van der Waals surface area contributed by atoms with Crippen molar-refractivity contribution >= 4 is 0 Å². The van der Waals surface area contributed by atoms with Crippen LogP contribution < -0.4 is 14.8 Å². The number of aliphatic hydroxyl groups is 1. The molecular formula is C15H21NO3. The van der Waals surface area contributed by atoms with Gasteiger partial charge in [-0.1, -0.05) is 12.1 Å². The molecule has 104 valence electrons. The van der Waals surface area contributed by atoms with Gasteiger partial charge in [0, 0.05) is 13.0 Å². The number of ether oxygens (including phenoxy) is 2. The molecule has 1 aromatic carbocycles. The van der Waals surface area contributed by atoms with E-state index in [2.05, 4.69) is 11.2 Å². The van der Waals surface area contributed by atoms with Crippen LogP contribution in [-0.4, -0.2) is 38.0 Å². The number of hydrogen-bond acceptors (Lipinski definition) is 4. The lowest BCUT2D eigenvalue weighted by Crippen LogP contribution is -2.32. The summed E-state index contributed by atoms with van der Waals surface area (Å²) in [4.78, 5) is 0. The molecule has 0 spiro atoms. The normalized spacial score (nSPS) is 11.6. The maximum atomic E-state index is 9.76. The predicted octanol–water partition coefficient (Wildman–Crippen LogP) is 1.44. The third-order valence-electron chi connectivity index (χ3n) is 2.55. The van der Waals surface area contributed by atoms with Crippen molar-refractivity contribution in [1.29, 1.82) is 0 Å². The minimum atomic E-state index is -0.559. The van der Waals surface area contributed by atoms with Crippen molar-refractivity contribution in [2.75, 3.05) is 26.8 Å². The first-order valence-electron chi connectivity index (χ1n) is 6.36. The molecule has 0 saturated carbocycles. The Balaban J connectivity index is 2.22. The molecule has 19 heavy (non-hydrogen) atoms. The second-order valence-electron chi connectivity index (χ2n) is 4.13. The predicted molar refractivity (Wildman–Crippen MR) is 75.4 cm³/mol. The van der Waals surface area contributed by atoms with Gasteiger partial charge in [-0.15, -0.1) is 12.3 Å². The average molecular weight is 263 g/mol. The molecule has 0 radical (unpaired) electrons. The maximum Gasteiger partial charge on any atom is 0.161 e. The van der Waals surface area contributed by atoms with E-state index >= 15 is 0 Å². The number of unbranched alkanes of at least 4 members (excludes halogenated alkanes) is 1. The first-order valence-corrected chi connectivity index (χ1v) is 6.36. The fourth-order valence-electron chi connectivity index (χ4n) is 1.57. The van der Waals surface area contributed by atoms with E-state index < -0.39 is 6.10 Å². The highest BCUT2D eigenvalue weighted by Crippen LogP contribution is 2.25. The lowest BCUT2D eigenvalue weighted by molar-refractivity contribution is 0.105. The van der Waals surface area contributed by atoms with Crippen molar-refractivity contribution in [2.24, 2.45) is 0 Å². The number of rotatable bonds is 9. The zero-order valence-electron chi connectivity index (χ0n) is 11.3. The van der Waals surface area contributed by atoms with Gasteiger partial charge in [0.1, 0.15) is 12.7 Å². The summed E-state index contributed by atoms with van der Waals surface area (Å²) >= 11 is 0. The number of hydrogen-bond donors (Lipinski definition) is 2. The first kappa shape index (κ1) is 15.4. The highest BCUT2D eigenvalue weighted by Gasteiger charge is 2.07. The van der Waals surface area contributed by atoms with Crippen LogP contribution in [0.15, 0.2) is 24.3 Å². The Morgan fingerprint density at radius 2 is 2.11 bits per heavy atom. The van der Waals surface area contributed by atoms with Gasteiger partial charge in [0.2, 0.25) is 0 Å². The number of nitrogens with one attached hydrogen (secondary N) is 1. The monoisotopic (exact) mass is 263 g/mol. The van der Waals surface area contributed by atoms with Gasteiger partial charge in [-0.2, -0.15) is 0 Å². The quantitative estimate of drug-likeness (QED) is 0.523. The molecule has 1 atom stereocenters. The van der Waals surface area contributed by atoms with Gasteiger partial charge in [-0.05, 0) is 25.1 Å². The van der Waals surface area contributed by atoms with E-state index in [1.54, 1.807) is 7.11 Å². The lowest BCUT2D eigenvalue weighted by atomic mass is 10.3. The summed E-state index contributed by atoms with van der Waals surface area (Å²) < 4.78 is 10.7. The molecule has 0 aliphatic heterocycles. The van der Waals surface area contributed by atoms with Crippen LogP contribution in [0.1, 0.15) is 12.8 Å². The molecule has 2 N–H and O–H groups in total. The topological polar surface area (TPSA) is 50.7 Å². The third kappa shape index (κ3) is 6.14. The van der Waals surface area contributed by atoms with E-state index in [1.807, 2.05) is 24.3 Å². The molecule has 4 nitrogen and oxygen atoms in total. The van der Waals surface area contributed by atoms with Crippen molar-refractivity contribution < 1.29 is 14.6 Å². The van der Waals surface area contributed by atoms with Gasteiger partial charge in [0.25, 0.3) is 0 Å². The minimum absolute atomic E-state index is 0.225. The maximum absolute atomic E-state index is 9.76. The Labute approximate surface area is 114 Å². The second-order valence-corrected chi connectivity index (χ2v) is 4.13. The molecular weight excluding hydrogens is 242 g/mol. The van der Waals surface area contributed by atoms with Crippen LogP contribution in [0.25, 0.3) is 0 Å². The highest BCUT2D eigenvalue weighted by atomic mass is 16.5. The summed E-state index contributed by atoms with van der Waals surface area (Å²) in [5.41, 5.74) is 0. The number of benzene rings is 1. The largest absolute Gasteiger partial charge is 0.493 e. The van der Waals surface area contributed by atoms with Gasteiger partial charge < -0.3 is 19.9 Å². The van der Waals surface area contributed by atoms with Gasteiger partial charge in [0.05, 0.1) is 7.11 Å². The van der Waals surface area contributed by atoms with Crippen LogP contribution in [0.2, 0.25) is 0 Å². The van der Waals surface area contributed by atoms with Crippen molar-refractivity contribution in [2.45, 2.75) is 18.9 Å². The Morgan fingerprint density at radius 3 is 2.79 bits per heavy atom. The highest BCUT2D eigenvalue weighted by molar-refractivity contribution is 5.39. The standard InChI is InChI=1S/C15H21NO3/c1-3-4-7-10-16-11-13(17)12-19-15-9-6-5-8-14(15)18-2/h1,5-6,8-9,13,16-17H,4,7,10-12H2,2H3. The second kappa shape index (κ2) is 9.26. The zero-order valence-corrected chi connectivity index (χ0v) is 11.3. The molecule has 0 bridgehead atoms. The molecule has 0 heterocycles. The molecule has 4 heteroatoms. The van der Waals surface area contributed by atoms with Gasteiger partial charge in [-0.3, -0.25) is 0 Å². The average Bonchev–Trinajstić information content (AvgIpc) is 2.45. The number of terminal acetylenes is 1. The van der Waals surface area contributed by atoms with Gasteiger partial charge >= 0.3 is 0 Å². The van der Waals surface area contributed by atoms with E-state index in [-0.39, 0.29) is 6.61 Å². The molecule has 1 unspecified atom stereocenters. The van der Waals surface area contributed by atoms with Crippen LogP contribution in [0.5, 0.6) is 11.5 Å². The van der Waals surface area contributed by atoms with E-state index in [0.717, 1.165) is 19.4 Å². The lowest BCUT2D eigenvalue weighted by Gasteiger charge is -2.14. The molecule has 0 aliphatic carbocycles. The summed E-state index contributed by atoms with van der Waals surface area (Å²) in [6.07, 6.45) is 6.26. The molecule has 0 amide bonds. The fraction of sp³-hybridized carbons (Fsp3) is 0.467. The number of aliphatic hydroxyl groups excluding tert-OH is 1. The Kier molecular flexibility index (Phi) is 7.48. The van der Waals surface area contributed by atoms with E-state index in [1.165, 1.54) is 0 Å². The Morgan fingerprint density at radius 1 is 1.37 bits per heavy atom. The number of methoxy groups -OCH3 is 1. The fourth-order valence-corrected chi connectivity index (χ4v) is 1.57. The molecule has 0 aliphatic rings. The third-order valence-corrected chi connectivity index (χ3v) is 2.55. The van der Waals surface area contributed by atoms with Crippen molar-refractivity contribution in [3.05, 3.63) is 24.3 Å². The Bertz CT molecular complexity index is 401. The van der Waals surface area contributed by atoms with E-state index in [0.29, 0.717) is 18.0 Å². The smallest absolute Gasteiger partial charge is 0.161 e. The summed E-state index contributed by atoms with van der Waals surface area (Å²) in [6, 6.07) is 7.36. The summed E-state index contributed by atoms with van der Waals surface area (Å²) in [6.45, 7) is 1.51. The summed E-state index contributed by atoms with van der Waals surface area (Å²) in [7, 11) is 1.59. The van der Waals surface area contributed by atoms with E-state index in [9.17, 15) is 5.11 Å². The van der Waals surface area contributed by atoms with Crippen molar-refractivity contribution in [1.82, 2.24) is 5.32 Å².